The first-order chi connectivity index (χ1) is 10.2. The Morgan fingerprint density at radius 3 is 2.05 bits per heavy atom. The number of hydrogen-bond donors (Lipinski definition) is 1. The molecule has 4 nitrogen and oxygen atoms in total. The van der Waals surface area contributed by atoms with E-state index in [-0.39, 0.29) is 11.1 Å². The predicted molar refractivity (Wildman–Crippen MR) is 79.2 cm³/mol. The van der Waals surface area contributed by atoms with E-state index < -0.39 is 23.6 Å². The number of carbonyl (C=O) groups excluding carboxylic acids is 1. The Morgan fingerprint density at radius 1 is 1.09 bits per heavy atom. The van der Waals surface area contributed by atoms with Crippen LogP contribution in [0.15, 0.2) is 18.2 Å². The molecule has 1 saturated heterocycles. The second-order valence-electron chi connectivity index (χ2n) is 6.59. The highest BCUT2D eigenvalue weighted by Gasteiger charge is 2.31. The first-order valence-electron chi connectivity index (χ1n) is 7.36. The third-order valence-electron chi connectivity index (χ3n) is 3.97. The fourth-order valence-electron chi connectivity index (χ4n) is 2.65. The molecule has 2 rings (SSSR count). The van der Waals surface area contributed by atoms with Crippen LogP contribution in [0.4, 0.5) is 8.78 Å². The van der Waals surface area contributed by atoms with Crippen molar-refractivity contribution in [3.05, 3.63) is 35.4 Å². The van der Waals surface area contributed by atoms with Gasteiger partial charge >= 0.3 is 0 Å². The molecule has 1 aliphatic heterocycles. The van der Waals surface area contributed by atoms with Crippen LogP contribution >= 0.6 is 0 Å². The SMILES string of the molecule is CC(C)(C)N1CCN(C(=O)C(O)c2cc(F)cc(F)c2)CC1. The van der Waals surface area contributed by atoms with Crippen LogP contribution in [0.25, 0.3) is 0 Å². The quantitative estimate of drug-likeness (QED) is 0.908. The first kappa shape index (κ1) is 16.8. The highest BCUT2D eigenvalue weighted by molar-refractivity contribution is 5.82. The number of aliphatic hydroxyl groups excluding tert-OH is 1. The van der Waals surface area contributed by atoms with Gasteiger partial charge in [-0.05, 0) is 38.5 Å². The maximum atomic E-state index is 13.2. The van der Waals surface area contributed by atoms with Gasteiger partial charge in [-0.25, -0.2) is 8.78 Å². The lowest BCUT2D eigenvalue weighted by molar-refractivity contribution is -0.143. The number of piperazine rings is 1. The van der Waals surface area contributed by atoms with Gasteiger partial charge in [-0.1, -0.05) is 0 Å². The summed E-state index contributed by atoms with van der Waals surface area (Å²) in [6.07, 6.45) is -1.54. The molecule has 0 spiro atoms. The fourth-order valence-corrected chi connectivity index (χ4v) is 2.65. The molecule has 0 aliphatic carbocycles. The van der Waals surface area contributed by atoms with Gasteiger partial charge in [-0.15, -0.1) is 0 Å². The summed E-state index contributed by atoms with van der Waals surface area (Å²) in [6.45, 7) is 8.72. The Labute approximate surface area is 129 Å². The summed E-state index contributed by atoms with van der Waals surface area (Å²) in [5.74, 6) is -2.13. The van der Waals surface area contributed by atoms with Gasteiger partial charge in [0.05, 0.1) is 0 Å². The van der Waals surface area contributed by atoms with Crippen LogP contribution in [0.2, 0.25) is 0 Å². The Bertz CT molecular complexity index is 529. The maximum absolute atomic E-state index is 13.2. The van der Waals surface area contributed by atoms with Crippen molar-refractivity contribution in [3.63, 3.8) is 0 Å². The standard InChI is InChI=1S/C16H22F2N2O2/c1-16(2,3)20-6-4-19(5-7-20)15(22)14(21)11-8-12(17)10-13(18)9-11/h8-10,14,21H,4-7H2,1-3H3. The lowest BCUT2D eigenvalue weighted by Crippen LogP contribution is -2.55. The molecular weight excluding hydrogens is 290 g/mol. The van der Waals surface area contributed by atoms with E-state index in [0.29, 0.717) is 32.2 Å². The first-order valence-corrected chi connectivity index (χ1v) is 7.36. The third kappa shape index (κ3) is 3.81. The highest BCUT2D eigenvalue weighted by Crippen LogP contribution is 2.21. The molecule has 22 heavy (non-hydrogen) atoms. The summed E-state index contributed by atoms with van der Waals surface area (Å²) in [5, 5.41) is 10.1. The molecule has 1 atom stereocenters. The lowest BCUT2D eigenvalue weighted by atomic mass is 10.0. The van der Waals surface area contributed by atoms with Crippen LogP contribution in [0.1, 0.15) is 32.4 Å². The smallest absolute Gasteiger partial charge is 0.256 e. The van der Waals surface area contributed by atoms with Crippen molar-refractivity contribution in [3.8, 4) is 0 Å². The van der Waals surface area contributed by atoms with Gasteiger partial charge in [0.25, 0.3) is 5.91 Å². The molecule has 1 aliphatic rings. The summed E-state index contributed by atoms with van der Waals surface area (Å²) >= 11 is 0. The van der Waals surface area contributed by atoms with Gasteiger partial charge in [0.15, 0.2) is 6.10 Å². The molecule has 1 amide bonds. The van der Waals surface area contributed by atoms with E-state index in [1.165, 1.54) is 4.90 Å². The highest BCUT2D eigenvalue weighted by atomic mass is 19.1. The Morgan fingerprint density at radius 2 is 1.59 bits per heavy atom. The van der Waals surface area contributed by atoms with Gasteiger partial charge in [0.2, 0.25) is 0 Å². The molecule has 0 bridgehead atoms. The summed E-state index contributed by atoms with van der Waals surface area (Å²) in [5.41, 5.74) is -0.0276. The number of rotatable bonds is 2. The topological polar surface area (TPSA) is 43.8 Å². The molecule has 1 N–H and O–H groups in total. The summed E-state index contributed by atoms with van der Waals surface area (Å²) in [6, 6.07) is 2.68. The van der Waals surface area contributed by atoms with Crippen LogP contribution in [0.3, 0.4) is 0 Å². The van der Waals surface area contributed by atoms with E-state index in [1.54, 1.807) is 0 Å². The Hall–Kier alpha value is -1.53. The van der Waals surface area contributed by atoms with Gasteiger partial charge < -0.3 is 10.0 Å². The predicted octanol–water partition coefficient (Wildman–Crippen LogP) is 1.94. The minimum absolute atomic E-state index is 0.0272. The molecular formula is C16H22F2N2O2. The molecule has 0 saturated carbocycles. The van der Waals surface area contributed by atoms with E-state index in [9.17, 15) is 18.7 Å². The molecule has 1 fully saturated rings. The molecule has 1 heterocycles. The Kier molecular flexibility index (Phi) is 4.82. The van der Waals surface area contributed by atoms with Gasteiger partial charge in [0, 0.05) is 37.8 Å². The normalized spacial score (nSPS) is 18.4. The van der Waals surface area contributed by atoms with Crippen molar-refractivity contribution in [1.29, 1.82) is 0 Å². The van der Waals surface area contributed by atoms with Crippen LogP contribution < -0.4 is 0 Å². The molecule has 1 aromatic carbocycles. The van der Waals surface area contributed by atoms with Crippen molar-refractivity contribution in [2.75, 3.05) is 26.2 Å². The second kappa shape index (κ2) is 6.30. The Balaban J connectivity index is 2.03. The number of benzene rings is 1. The zero-order valence-corrected chi connectivity index (χ0v) is 13.1. The molecule has 0 radical (unpaired) electrons. The minimum atomic E-state index is -1.54. The molecule has 1 aromatic rings. The van der Waals surface area contributed by atoms with Crippen molar-refractivity contribution in [2.24, 2.45) is 0 Å². The average Bonchev–Trinajstić information content (AvgIpc) is 2.44. The number of nitrogens with zero attached hydrogens (tertiary/aromatic N) is 2. The van der Waals surface area contributed by atoms with Crippen molar-refractivity contribution in [2.45, 2.75) is 32.4 Å². The average molecular weight is 312 g/mol. The lowest BCUT2D eigenvalue weighted by Gasteiger charge is -2.42. The molecule has 122 valence electrons. The summed E-state index contributed by atoms with van der Waals surface area (Å²) in [7, 11) is 0. The maximum Gasteiger partial charge on any atom is 0.256 e. The zero-order valence-electron chi connectivity index (χ0n) is 13.1. The van der Waals surface area contributed by atoms with E-state index in [1.807, 2.05) is 0 Å². The van der Waals surface area contributed by atoms with Crippen molar-refractivity contribution in [1.82, 2.24) is 9.80 Å². The third-order valence-corrected chi connectivity index (χ3v) is 3.97. The van der Waals surface area contributed by atoms with Crippen LogP contribution in [0.5, 0.6) is 0 Å². The van der Waals surface area contributed by atoms with Crippen molar-refractivity contribution < 1.29 is 18.7 Å². The number of amides is 1. The number of carbonyl (C=O) groups is 1. The van der Waals surface area contributed by atoms with E-state index in [4.69, 9.17) is 0 Å². The molecule has 1 unspecified atom stereocenters. The number of aliphatic hydroxyl groups is 1. The number of hydrogen-bond acceptors (Lipinski definition) is 3. The summed E-state index contributed by atoms with van der Waals surface area (Å²) in [4.78, 5) is 16.1. The molecule has 0 aromatic heterocycles. The van der Waals surface area contributed by atoms with Gasteiger partial charge in [-0.2, -0.15) is 0 Å². The minimum Gasteiger partial charge on any atom is -0.378 e. The van der Waals surface area contributed by atoms with E-state index >= 15 is 0 Å². The monoisotopic (exact) mass is 312 g/mol. The second-order valence-corrected chi connectivity index (χ2v) is 6.59. The van der Waals surface area contributed by atoms with Gasteiger partial charge in [-0.3, -0.25) is 9.69 Å². The van der Waals surface area contributed by atoms with Crippen LogP contribution in [-0.4, -0.2) is 52.5 Å². The van der Waals surface area contributed by atoms with E-state index in [2.05, 4.69) is 25.7 Å². The van der Waals surface area contributed by atoms with Crippen molar-refractivity contribution >= 4 is 5.91 Å². The van der Waals surface area contributed by atoms with Gasteiger partial charge in [0.1, 0.15) is 11.6 Å². The van der Waals surface area contributed by atoms with E-state index in [0.717, 1.165) is 12.1 Å². The number of halogens is 2. The summed E-state index contributed by atoms with van der Waals surface area (Å²) < 4.78 is 26.4. The largest absolute Gasteiger partial charge is 0.378 e. The fraction of sp³-hybridized carbons (Fsp3) is 0.562. The molecule has 6 heteroatoms. The van der Waals surface area contributed by atoms with Crippen LogP contribution in [-0.2, 0) is 4.79 Å². The zero-order chi connectivity index (χ0) is 16.5. The van der Waals surface area contributed by atoms with Crippen LogP contribution in [0, 0.1) is 11.6 Å².